The molecule has 4 nitrogen and oxygen atoms in total. The lowest BCUT2D eigenvalue weighted by atomic mass is 9.70. The summed E-state index contributed by atoms with van der Waals surface area (Å²) in [5, 5.41) is 0. The van der Waals surface area contributed by atoms with E-state index in [1.54, 1.807) is 16.7 Å². The van der Waals surface area contributed by atoms with Crippen molar-refractivity contribution in [2.75, 3.05) is 18.2 Å². The summed E-state index contributed by atoms with van der Waals surface area (Å²) in [4.78, 5) is 25.2. The molecule has 0 aromatic carbocycles. The van der Waals surface area contributed by atoms with Crippen molar-refractivity contribution in [1.29, 1.82) is 0 Å². The fourth-order valence-corrected chi connectivity index (χ4v) is 5.10. The first-order valence-corrected chi connectivity index (χ1v) is 8.55. The van der Waals surface area contributed by atoms with Gasteiger partial charge >= 0.3 is 5.97 Å². The molecule has 0 aromatic heterocycles. The molecule has 3 rings (SSSR count). The Morgan fingerprint density at radius 3 is 2.70 bits per heavy atom. The van der Waals surface area contributed by atoms with Gasteiger partial charge in [-0.2, -0.15) is 0 Å². The molecule has 2 saturated carbocycles. The second-order valence-electron chi connectivity index (χ2n) is 7.16. The van der Waals surface area contributed by atoms with E-state index in [1.165, 1.54) is 6.42 Å². The van der Waals surface area contributed by atoms with Gasteiger partial charge in [-0.1, -0.05) is 20.8 Å². The molecule has 3 unspecified atom stereocenters. The summed E-state index contributed by atoms with van der Waals surface area (Å²) >= 11 is 1.55. The predicted molar refractivity (Wildman–Crippen MR) is 78.1 cm³/mol. The standard InChI is InChI=1S/C15H23NO3S/c1-14(2)10-4-5-15(14,3)11(6-10)19-13(18)7-16-9-20-8-12(16)17/h10-11H,4-9H2,1-3H3. The molecule has 2 aliphatic carbocycles. The third-order valence-electron chi connectivity index (χ3n) is 6.13. The molecule has 0 spiro atoms. The first-order valence-electron chi connectivity index (χ1n) is 7.39. The van der Waals surface area contributed by atoms with E-state index in [-0.39, 0.29) is 35.4 Å². The summed E-state index contributed by atoms with van der Waals surface area (Å²) in [5.74, 6) is 1.57. The van der Waals surface area contributed by atoms with Crippen LogP contribution in [0.5, 0.6) is 0 Å². The number of hydrogen-bond acceptors (Lipinski definition) is 4. The number of fused-ring (bicyclic) bond motifs is 2. The largest absolute Gasteiger partial charge is 0.460 e. The van der Waals surface area contributed by atoms with Crippen molar-refractivity contribution in [2.24, 2.45) is 16.7 Å². The lowest BCUT2D eigenvalue weighted by Gasteiger charge is -2.38. The number of carbonyl (C=O) groups is 2. The minimum Gasteiger partial charge on any atom is -0.460 e. The van der Waals surface area contributed by atoms with Crippen LogP contribution in [0.25, 0.3) is 0 Å². The van der Waals surface area contributed by atoms with Crippen molar-refractivity contribution in [1.82, 2.24) is 4.90 Å². The van der Waals surface area contributed by atoms with Gasteiger partial charge in [0.15, 0.2) is 0 Å². The quantitative estimate of drug-likeness (QED) is 0.750. The summed E-state index contributed by atoms with van der Waals surface area (Å²) in [6, 6.07) is 0. The van der Waals surface area contributed by atoms with Crippen LogP contribution in [0.2, 0.25) is 0 Å². The van der Waals surface area contributed by atoms with Gasteiger partial charge in [0.05, 0.1) is 11.6 Å². The van der Waals surface area contributed by atoms with Gasteiger partial charge in [-0.15, -0.1) is 11.8 Å². The van der Waals surface area contributed by atoms with Crippen LogP contribution in [0.4, 0.5) is 0 Å². The molecule has 3 atom stereocenters. The van der Waals surface area contributed by atoms with Crippen molar-refractivity contribution >= 4 is 23.6 Å². The van der Waals surface area contributed by atoms with E-state index in [0.717, 1.165) is 12.8 Å². The highest BCUT2D eigenvalue weighted by molar-refractivity contribution is 8.00. The second-order valence-corrected chi connectivity index (χ2v) is 8.11. The smallest absolute Gasteiger partial charge is 0.325 e. The number of nitrogens with zero attached hydrogens (tertiary/aromatic N) is 1. The van der Waals surface area contributed by atoms with Crippen LogP contribution >= 0.6 is 11.8 Å². The van der Waals surface area contributed by atoms with Gasteiger partial charge in [0.25, 0.3) is 0 Å². The highest BCUT2D eigenvalue weighted by Crippen LogP contribution is 2.66. The van der Waals surface area contributed by atoms with Crippen LogP contribution < -0.4 is 0 Å². The van der Waals surface area contributed by atoms with Gasteiger partial charge in [-0.25, -0.2) is 0 Å². The summed E-state index contributed by atoms with van der Waals surface area (Å²) in [6.45, 7) is 6.98. The fraction of sp³-hybridized carbons (Fsp3) is 0.867. The van der Waals surface area contributed by atoms with Crippen molar-refractivity contribution in [3.63, 3.8) is 0 Å². The maximum atomic E-state index is 12.1. The minimum atomic E-state index is -0.240. The second kappa shape index (κ2) is 4.65. The summed E-state index contributed by atoms with van der Waals surface area (Å²) in [5.41, 5.74) is 0.342. The van der Waals surface area contributed by atoms with E-state index in [9.17, 15) is 9.59 Å². The molecule has 1 aliphatic heterocycles. The van der Waals surface area contributed by atoms with E-state index < -0.39 is 0 Å². The maximum Gasteiger partial charge on any atom is 0.325 e. The van der Waals surface area contributed by atoms with Crippen LogP contribution in [0, 0.1) is 16.7 Å². The maximum absolute atomic E-state index is 12.1. The zero-order valence-electron chi connectivity index (χ0n) is 12.5. The average molecular weight is 297 g/mol. The molecule has 0 N–H and O–H groups in total. The Balaban J connectivity index is 1.62. The number of thioether (sulfide) groups is 1. The Kier molecular flexibility index (Phi) is 3.31. The van der Waals surface area contributed by atoms with Gasteiger partial charge in [0.2, 0.25) is 5.91 Å². The number of esters is 1. The third kappa shape index (κ3) is 1.97. The monoisotopic (exact) mass is 297 g/mol. The normalized spacial score (nSPS) is 38.5. The lowest BCUT2D eigenvalue weighted by Crippen LogP contribution is -2.41. The van der Waals surface area contributed by atoms with Crippen molar-refractivity contribution in [3.8, 4) is 0 Å². The Morgan fingerprint density at radius 1 is 1.45 bits per heavy atom. The molecule has 5 heteroatoms. The zero-order chi connectivity index (χ0) is 14.5. The van der Waals surface area contributed by atoms with Gasteiger partial charge in [0.1, 0.15) is 12.6 Å². The molecular formula is C15H23NO3S. The highest BCUT2D eigenvalue weighted by Gasteiger charge is 2.62. The topological polar surface area (TPSA) is 46.6 Å². The van der Waals surface area contributed by atoms with Crippen LogP contribution in [-0.4, -0.2) is 41.1 Å². The SMILES string of the molecule is CC1(C)C2CCC1(C)C(OC(=O)CN1CSCC1=O)C2. The first kappa shape index (κ1) is 14.2. The molecule has 1 saturated heterocycles. The number of carbonyl (C=O) groups excluding carboxylic acids is 2. The van der Waals surface area contributed by atoms with Gasteiger partial charge in [-0.3, -0.25) is 9.59 Å². The number of ether oxygens (including phenoxy) is 1. The van der Waals surface area contributed by atoms with E-state index >= 15 is 0 Å². The Morgan fingerprint density at radius 2 is 2.20 bits per heavy atom. The first-order chi connectivity index (χ1) is 9.34. The number of amides is 1. The van der Waals surface area contributed by atoms with Crippen LogP contribution in [0.3, 0.4) is 0 Å². The Hall–Kier alpha value is -0.710. The molecular weight excluding hydrogens is 274 g/mol. The van der Waals surface area contributed by atoms with E-state index in [1.807, 2.05) is 0 Å². The molecule has 3 fully saturated rings. The average Bonchev–Trinajstić information content (AvgIpc) is 2.91. The van der Waals surface area contributed by atoms with Gasteiger partial charge in [-0.05, 0) is 30.6 Å². The molecule has 1 amide bonds. The number of hydrogen-bond donors (Lipinski definition) is 0. The molecule has 1 heterocycles. The molecule has 20 heavy (non-hydrogen) atoms. The molecule has 3 aliphatic rings. The van der Waals surface area contributed by atoms with Gasteiger partial charge in [0, 0.05) is 5.41 Å². The third-order valence-corrected chi connectivity index (χ3v) is 7.08. The Bertz CT molecular complexity index is 450. The van der Waals surface area contributed by atoms with E-state index in [2.05, 4.69) is 20.8 Å². The predicted octanol–water partition coefficient (Wildman–Crippen LogP) is 2.28. The Labute approximate surface area is 124 Å². The van der Waals surface area contributed by atoms with Crippen molar-refractivity contribution in [2.45, 2.75) is 46.1 Å². The van der Waals surface area contributed by atoms with Crippen molar-refractivity contribution < 1.29 is 14.3 Å². The highest BCUT2D eigenvalue weighted by atomic mass is 32.2. The van der Waals surface area contributed by atoms with E-state index in [4.69, 9.17) is 4.74 Å². The lowest BCUT2D eigenvalue weighted by molar-refractivity contribution is -0.159. The molecule has 0 aromatic rings. The molecule has 0 radical (unpaired) electrons. The summed E-state index contributed by atoms with van der Waals surface area (Å²) < 4.78 is 5.75. The van der Waals surface area contributed by atoms with Crippen LogP contribution in [-0.2, 0) is 14.3 Å². The van der Waals surface area contributed by atoms with Crippen molar-refractivity contribution in [3.05, 3.63) is 0 Å². The van der Waals surface area contributed by atoms with E-state index in [0.29, 0.717) is 17.5 Å². The molecule has 112 valence electrons. The zero-order valence-corrected chi connectivity index (χ0v) is 13.3. The van der Waals surface area contributed by atoms with Gasteiger partial charge < -0.3 is 9.64 Å². The van der Waals surface area contributed by atoms with Crippen LogP contribution in [0.15, 0.2) is 0 Å². The fourth-order valence-electron chi connectivity index (χ4n) is 4.20. The molecule has 2 bridgehead atoms. The van der Waals surface area contributed by atoms with Crippen LogP contribution in [0.1, 0.15) is 40.0 Å². The number of rotatable bonds is 3. The summed E-state index contributed by atoms with van der Waals surface area (Å²) in [6.07, 6.45) is 3.40. The summed E-state index contributed by atoms with van der Waals surface area (Å²) in [7, 11) is 0. The minimum absolute atomic E-state index is 0.0223.